The molecule has 0 unspecified atom stereocenters. The summed E-state index contributed by atoms with van der Waals surface area (Å²) in [4.78, 5) is 12.1. The van der Waals surface area contributed by atoms with E-state index in [-0.39, 0.29) is 0 Å². The Morgan fingerprint density at radius 1 is 1.00 bits per heavy atom. The maximum Gasteiger partial charge on any atom is 0.162 e. The minimum atomic E-state index is 0.427. The number of hydrogen-bond acceptors (Lipinski definition) is 5. The van der Waals surface area contributed by atoms with Crippen LogP contribution >= 0.6 is 0 Å². The monoisotopic (exact) mass is 423 g/mol. The van der Waals surface area contributed by atoms with Gasteiger partial charge < -0.3 is 14.5 Å². The summed E-state index contributed by atoms with van der Waals surface area (Å²) >= 11 is 0. The molecule has 0 spiro atoms. The number of H-pyrrole nitrogens is 1. The van der Waals surface area contributed by atoms with Crippen LogP contribution in [0.4, 0.5) is 0 Å². The summed E-state index contributed by atoms with van der Waals surface area (Å²) in [6, 6.07) is 21.8. The minimum Gasteiger partial charge on any atom is -0.493 e. The molecule has 0 aliphatic carbocycles. The van der Waals surface area contributed by atoms with Gasteiger partial charge in [0, 0.05) is 5.56 Å². The van der Waals surface area contributed by atoms with Crippen molar-refractivity contribution in [2.24, 2.45) is 0 Å². The van der Waals surface area contributed by atoms with Crippen molar-refractivity contribution in [1.82, 2.24) is 24.7 Å². The molecule has 2 heterocycles. The number of nitrogens with zero attached hydrogens (tertiary/aromatic N) is 4. The molecule has 5 aromatic rings. The van der Waals surface area contributed by atoms with Gasteiger partial charge in [-0.05, 0) is 48.0 Å². The van der Waals surface area contributed by atoms with Crippen LogP contribution in [0.15, 0.2) is 85.5 Å². The van der Waals surface area contributed by atoms with Crippen LogP contribution in [0.3, 0.4) is 0 Å². The lowest BCUT2D eigenvalue weighted by Crippen LogP contribution is -1.97. The number of aromatic amines is 1. The molecule has 0 bridgehead atoms. The Labute approximate surface area is 185 Å². The van der Waals surface area contributed by atoms with Crippen LogP contribution in [0.5, 0.6) is 11.5 Å². The van der Waals surface area contributed by atoms with E-state index in [1.807, 2.05) is 78.9 Å². The van der Waals surface area contributed by atoms with Crippen molar-refractivity contribution in [3.63, 3.8) is 0 Å². The van der Waals surface area contributed by atoms with Gasteiger partial charge in [0.15, 0.2) is 11.5 Å². The lowest BCUT2D eigenvalue weighted by Gasteiger charge is -2.10. The Hall–Kier alpha value is -4.39. The number of benzene rings is 3. The van der Waals surface area contributed by atoms with E-state index in [2.05, 4.69) is 15.1 Å². The zero-order chi connectivity index (χ0) is 21.8. The highest BCUT2D eigenvalue weighted by molar-refractivity contribution is 5.81. The molecule has 0 aliphatic heterocycles. The maximum absolute atomic E-state index is 5.98. The second kappa shape index (κ2) is 8.77. The van der Waals surface area contributed by atoms with Crippen molar-refractivity contribution in [2.45, 2.75) is 0 Å². The predicted octanol–water partition coefficient (Wildman–Crippen LogP) is 4.91. The molecule has 0 fully saturated rings. The van der Waals surface area contributed by atoms with E-state index >= 15 is 0 Å². The molecule has 1 N–H and O–H groups in total. The number of fused-ring (bicyclic) bond motifs is 1. The summed E-state index contributed by atoms with van der Waals surface area (Å²) in [7, 11) is 1.63. The fourth-order valence-electron chi connectivity index (χ4n) is 3.44. The van der Waals surface area contributed by atoms with Crippen molar-refractivity contribution in [3.05, 3.63) is 91.0 Å². The molecule has 0 saturated carbocycles. The van der Waals surface area contributed by atoms with Crippen molar-refractivity contribution in [1.29, 1.82) is 0 Å². The molecule has 7 nitrogen and oxygen atoms in total. The second-order valence-corrected chi connectivity index (χ2v) is 7.12. The molecule has 0 radical (unpaired) electrons. The van der Waals surface area contributed by atoms with E-state index in [4.69, 9.17) is 14.5 Å². The first-order valence-electron chi connectivity index (χ1n) is 10.2. The van der Waals surface area contributed by atoms with Crippen LogP contribution in [0, 0.1) is 0 Å². The maximum atomic E-state index is 5.98. The number of hydrogen-bond donors (Lipinski definition) is 1. The predicted molar refractivity (Wildman–Crippen MR) is 124 cm³/mol. The van der Waals surface area contributed by atoms with Gasteiger partial charge in [-0.3, -0.25) is 0 Å². The van der Waals surface area contributed by atoms with Gasteiger partial charge in [-0.25, -0.2) is 14.6 Å². The highest BCUT2D eigenvalue weighted by atomic mass is 16.5. The molecular formula is C25H21N5O2. The molecule has 0 aliphatic rings. The van der Waals surface area contributed by atoms with E-state index in [0.717, 1.165) is 33.7 Å². The Morgan fingerprint density at radius 3 is 2.72 bits per heavy atom. The summed E-state index contributed by atoms with van der Waals surface area (Å²) in [6.45, 7) is 0.427. The van der Waals surface area contributed by atoms with Crippen LogP contribution < -0.4 is 9.47 Å². The molecule has 32 heavy (non-hydrogen) atoms. The molecule has 0 atom stereocenters. The van der Waals surface area contributed by atoms with E-state index in [1.165, 1.54) is 6.33 Å². The van der Waals surface area contributed by atoms with Crippen LogP contribution in [-0.2, 0) is 0 Å². The average molecular weight is 423 g/mol. The first-order valence-corrected chi connectivity index (χ1v) is 10.2. The fraction of sp³-hybridized carbons (Fsp3) is 0.0800. The average Bonchev–Trinajstić information content (AvgIpc) is 3.52. The zero-order valence-corrected chi connectivity index (χ0v) is 17.5. The summed E-state index contributed by atoms with van der Waals surface area (Å²) in [5.74, 6) is 2.08. The molecule has 5 rings (SSSR count). The van der Waals surface area contributed by atoms with Gasteiger partial charge in [0.25, 0.3) is 0 Å². The van der Waals surface area contributed by atoms with Crippen molar-refractivity contribution in [3.8, 4) is 28.6 Å². The molecular weight excluding hydrogens is 402 g/mol. The van der Waals surface area contributed by atoms with Crippen LogP contribution in [0.25, 0.3) is 34.2 Å². The lowest BCUT2D eigenvalue weighted by molar-refractivity contribution is 0.327. The SMILES string of the molecule is COc1ccc(-c2nc3ccc(-n4cncn4)cc3[nH]2)cc1OCC=Cc1ccccc1. The van der Waals surface area contributed by atoms with Gasteiger partial charge in [0.2, 0.25) is 0 Å². The summed E-state index contributed by atoms with van der Waals surface area (Å²) in [6.07, 6.45) is 7.19. The van der Waals surface area contributed by atoms with Crippen LogP contribution in [0.1, 0.15) is 5.56 Å². The first kappa shape index (κ1) is 19.6. The third kappa shape index (κ3) is 4.09. The van der Waals surface area contributed by atoms with E-state index in [9.17, 15) is 0 Å². The topological polar surface area (TPSA) is 77.9 Å². The van der Waals surface area contributed by atoms with Crippen molar-refractivity contribution < 1.29 is 9.47 Å². The molecule has 0 saturated heterocycles. The normalized spacial score (nSPS) is 11.3. The Balaban J connectivity index is 1.38. The highest BCUT2D eigenvalue weighted by Gasteiger charge is 2.11. The van der Waals surface area contributed by atoms with Crippen LogP contribution in [-0.4, -0.2) is 38.4 Å². The van der Waals surface area contributed by atoms with E-state index in [0.29, 0.717) is 18.1 Å². The summed E-state index contributed by atoms with van der Waals surface area (Å²) < 4.78 is 13.2. The lowest BCUT2D eigenvalue weighted by atomic mass is 10.2. The van der Waals surface area contributed by atoms with E-state index < -0.39 is 0 Å². The van der Waals surface area contributed by atoms with Crippen molar-refractivity contribution in [2.75, 3.05) is 13.7 Å². The van der Waals surface area contributed by atoms with Gasteiger partial charge in [0.05, 0.1) is 23.8 Å². The third-order valence-corrected chi connectivity index (χ3v) is 5.03. The molecule has 158 valence electrons. The van der Waals surface area contributed by atoms with Gasteiger partial charge in [-0.2, -0.15) is 5.10 Å². The number of nitrogens with one attached hydrogen (secondary N) is 1. The van der Waals surface area contributed by atoms with Crippen molar-refractivity contribution >= 4 is 17.1 Å². The minimum absolute atomic E-state index is 0.427. The summed E-state index contributed by atoms with van der Waals surface area (Å²) in [5.41, 5.74) is 4.73. The molecule has 2 aromatic heterocycles. The molecule has 7 heteroatoms. The summed E-state index contributed by atoms with van der Waals surface area (Å²) in [5, 5.41) is 4.18. The van der Waals surface area contributed by atoms with Gasteiger partial charge in [-0.15, -0.1) is 0 Å². The van der Waals surface area contributed by atoms with Crippen LogP contribution in [0.2, 0.25) is 0 Å². The third-order valence-electron chi connectivity index (χ3n) is 5.03. The zero-order valence-electron chi connectivity index (χ0n) is 17.5. The van der Waals surface area contributed by atoms with Gasteiger partial charge in [-0.1, -0.05) is 36.4 Å². The standard InChI is InChI=1S/C25H21N5O2/c1-31-23-12-9-19(14-24(23)32-13-5-8-18-6-3-2-4-7-18)25-28-21-11-10-20(15-22(21)29-25)30-17-26-16-27-30/h2-12,14-17H,13H2,1H3,(H,28,29). The molecule has 0 amide bonds. The second-order valence-electron chi connectivity index (χ2n) is 7.12. The number of imidazole rings is 1. The highest BCUT2D eigenvalue weighted by Crippen LogP contribution is 2.32. The number of methoxy groups -OCH3 is 1. The largest absolute Gasteiger partial charge is 0.493 e. The number of aromatic nitrogens is 5. The first-order chi connectivity index (χ1) is 15.8. The number of rotatable bonds is 7. The van der Waals surface area contributed by atoms with Gasteiger partial charge in [0.1, 0.15) is 25.1 Å². The van der Waals surface area contributed by atoms with Gasteiger partial charge >= 0.3 is 0 Å². The molecule has 3 aromatic carbocycles. The Bertz CT molecular complexity index is 1360. The Kier molecular flexibility index (Phi) is 5.36. The number of ether oxygens (including phenoxy) is 2. The van der Waals surface area contributed by atoms with E-state index in [1.54, 1.807) is 18.1 Å². The Morgan fingerprint density at radius 2 is 1.91 bits per heavy atom. The fourth-order valence-corrected chi connectivity index (χ4v) is 3.44. The quantitative estimate of drug-likeness (QED) is 0.402. The smallest absolute Gasteiger partial charge is 0.162 e.